The number of amides is 2. The van der Waals surface area contributed by atoms with Gasteiger partial charge in [0.05, 0.1) is 12.5 Å². The van der Waals surface area contributed by atoms with Crippen LogP contribution in [0.1, 0.15) is 32.1 Å². The Labute approximate surface area is 145 Å². The highest BCUT2D eigenvalue weighted by atomic mass is 35.5. The molecule has 124 valence electrons. The van der Waals surface area contributed by atoms with Crippen molar-refractivity contribution < 1.29 is 9.59 Å². The summed E-state index contributed by atoms with van der Waals surface area (Å²) in [6.07, 6.45) is 4.42. The van der Waals surface area contributed by atoms with Gasteiger partial charge >= 0.3 is 0 Å². The number of hydrogen-bond donors (Lipinski definition) is 3. The van der Waals surface area contributed by atoms with Crippen molar-refractivity contribution in [2.24, 2.45) is 0 Å². The van der Waals surface area contributed by atoms with E-state index in [2.05, 4.69) is 16.0 Å². The van der Waals surface area contributed by atoms with Crippen molar-refractivity contribution >= 4 is 40.7 Å². The minimum absolute atomic E-state index is 0.0825. The van der Waals surface area contributed by atoms with E-state index in [1.54, 1.807) is 18.2 Å². The molecular formula is C16H19Cl2N3O2. The van der Waals surface area contributed by atoms with Gasteiger partial charge in [-0.15, -0.1) is 0 Å². The van der Waals surface area contributed by atoms with Gasteiger partial charge in [0.1, 0.15) is 0 Å². The molecule has 2 fully saturated rings. The van der Waals surface area contributed by atoms with Gasteiger partial charge in [-0.25, -0.2) is 0 Å². The van der Waals surface area contributed by atoms with Crippen molar-refractivity contribution in [1.82, 2.24) is 10.6 Å². The third-order valence-electron chi connectivity index (χ3n) is 4.36. The zero-order valence-corrected chi connectivity index (χ0v) is 14.1. The van der Waals surface area contributed by atoms with Crippen LogP contribution in [0, 0.1) is 0 Å². The zero-order valence-electron chi connectivity index (χ0n) is 12.6. The number of hydrogen-bond acceptors (Lipinski definition) is 3. The number of piperazine rings is 1. The van der Waals surface area contributed by atoms with Gasteiger partial charge < -0.3 is 16.0 Å². The average Bonchev–Trinajstić information content (AvgIpc) is 2.46. The van der Waals surface area contributed by atoms with Crippen molar-refractivity contribution in [3.05, 3.63) is 28.2 Å². The monoisotopic (exact) mass is 355 g/mol. The summed E-state index contributed by atoms with van der Waals surface area (Å²) in [7, 11) is 0. The van der Waals surface area contributed by atoms with Crippen LogP contribution in [-0.2, 0) is 9.59 Å². The molecule has 2 amide bonds. The number of benzene rings is 1. The van der Waals surface area contributed by atoms with Crippen LogP contribution in [0.5, 0.6) is 0 Å². The van der Waals surface area contributed by atoms with E-state index >= 15 is 0 Å². The molecule has 0 unspecified atom stereocenters. The predicted molar refractivity (Wildman–Crippen MR) is 90.8 cm³/mol. The fourth-order valence-electron chi connectivity index (χ4n) is 3.30. The fourth-order valence-corrected chi connectivity index (χ4v) is 3.82. The van der Waals surface area contributed by atoms with E-state index in [9.17, 15) is 9.59 Å². The predicted octanol–water partition coefficient (Wildman–Crippen LogP) is 2.72. The summed E-state index contributed by atoms with van der Waals surface area (Å²) in [5.41, 5.74) is 0.527. The van der Waals surface area contributed by atoms with Gasteiger partial charge in [0.15, 0.2) is 0 Å². The fraction of sp³-hybridized carbons (Fsp3) is 0.500. The van der Waals surface area contributed by atoms with Crippen LogP contribution < -0.4 is 16.0 Å². The summed E-state index contributed by atoms with van der Waals surface area (Å²) < 4.78 is 0. The molecule has 3 rings (SSSR count). The van der Waals surface area contributed by atoms with E-state index in [1.165, 1.54) is 0 Å². The molecule has 1 aliphatic heterocycles. The molecule has 23 heavy (non-hydrogen) atoms. The molecule has 0 spiro atoms. The van der Waals surface area contributed by atoms with Crippen molar-refractivity contribution in [2.75, 3.05) is 5.32 Å². The van der Waals surface area contributed by atoms with Crippen LogP contribution >= 0.6 is 23.2 Å². The molecule has 0 bridgehead atoms. The van der Waals surface area contributed by atoms with Gasteiger partial charge in [-0.3, -0.25) is 9.59 Å². The first-order chi connectivity index (χ1) is 11.0. The van der Waals surface area contributed by atoms with E-state index in [0.717, 1.165) is 25.7 Å². The smallest absolute Gasteiger partial charge is 0.237 e. The summed E-state index contributed by atoms with van der Waals surface area (Å²) in [5.74, 6) is -0.349. The summed E-state index contributed by atoms with van der Waals surface area (Å²) in [4.78, 5) is 24.3. The lowest BCUT2D eigenvalue weighted by molar-refractivity contribution is -0.129. The van der Waals surface area contributed by atoms with E-state index in [4.69, 9.17) is 23.2 Å². The second-order valence-electron chi connectivity index (χ2n) is 6.14. The Kier molecular flexibility index (Phi) is 5.09. The maximum atomic E-state index is 12.2. The second kappa shape index (κ2) is 7.07. The van der Waals surface area contributed by atoms with Crippen LogP contribution in [-0.4, -0.2) is 29.9 Å². The Balaban J connectivity index is 1.59. The molecule has 1 aromatic rings. The molecule has 7 heteroatoms. The summed E-state index contributed by atoms with van der Waals surface area (Å²) in [6, 6.07) is 4.80. The number of carbonyl (C=O) groups excluding carboxylic acids is 2. The molecule has 1 aromatic carbocycles. The van der Waals surface area contributed by atoms with E-state index < -0.39 is 6.04 Å². The van der Waals surface area contributed by atoms with Gasteiger partial charge in [0.25, 0.3) is 0 Å². The first-order valence-electron chi connectivity index (χ1n) is 7.83. The second-order valence-corrected chi connectivity index (χ2v) is 7.01. The minimum atomic E-state index is -0.496. The highest BCUT2D eigenvalue weighted by Gasteiger charge is 2.36. The number of carbonyl (C=O) groups is 2. The highest BCUT2D eigenvalue weighted by Crippen LogP contribution is 2.24. The van der Waals surface area contributed by atoms with E-state index in [1.807, 2.05) is 0 Å². The molecule has 0 aromatic heterocycles. The lowest BCUT2D eigenvalue weighted by Gasteiger charge is -2.40. The number of halogens is 2. The summed E-state index contributed by atoms with van der Waals surface area (Å²) >= 11 is 11.8. The van der Waals surface area contributed by atoms with Gasteiger partial charge in [0.2, 0.25) is 11.8 Å². The number of nitrogens with one attached hydrogen (secondary N) is 3. The maximum absolute atomic E-state index is 12.2. The van der Waals surface area contributed by atoms with Crippen LogP contribution in [0.2, 0.25) is 10.0 Å². The molecule has 2 aliphatic rings. The van der Waals surface area contributed by atoms with Crippen LogP contribution in [0.3, 0.4) is 0 Å². The lowest BCUT2D eigenvalue weighted by atomic mass is 9.87. The molecule has 1 heterocycles. The number of rotatable bonds is 3. The quantitative estimate of drug-likeness (QED) is 0.780. The standard InChI is InChI=1S/C16H19Cl2N3O2/c17-9-5-10(18)7-11(6-9)19-15(22)8-14-16(23)21-13-4-2-1-3-12(13)20-14/h5-7,12-14,20H,1-4,8H2,(H,19,22)(H,21,23)/t12-,13-,14-/m0/s1. The average molecular weight is 356 g/mol. The molecule has 1 saturated carbocycles. The van der Waals surface area contributed by atoms with Gasteiger partial charge in [-0.05, 0) is 31.0 Å². The molecule has 3 atom stereocenters. The summed E-state index contributed by atoms with van der Waals surface area (Å²) in [6.45, 7) is 0. The SMILES string of the molecule is O=C(C[C@@H]1N[C@H]2CCCC[C@@H]2NC1=O)Nc1cc(Cl)cc(Cl)c1. The van der Waals surface area contributed by atoms with Gasteiger partial charge in [-0.1, -0.05) is 36.0 Å². The van der Waals surface area contributed by atoms with Crippen molar-refractivity contribution in [2.45, 2.75) is 50.2 Å². The third-order valence-corrected chi connectivity index (χ3v) is 4.80. The number of anilines is 1. The molecule has 1 aliphatic carbocycles. The van der Waals surface area contributed by atoms with Gasteiger partial charge in [-0.2, -0.15) is 0 Å². The molecular weight excluding hydrogens is 337 g/mol. The van der Waals surface area contributed by atoms with Crippen LogP contribution in [0.15, 0.2) is 18.2 Å². The van der Waals surface area contributed by atoms with Crippen molar-refractivity contribution in [3.63, 3.8) is 0 Å². The van der Waals surface area contributed by atoms with Gasteiger partial charge in [0, 0.05) is 27.8 Å². The number of fused-ring (bicyclic) bond motifs is 1. The Bertz CT molecular complexity index is 603. The first kappa shape index (κ1) is 16.6. The third kappa shape index (κ3) is 4.16. The highest BCUT2D eigenvalue weighted by molar-refractivity contribution is 6.35. The Morgan fingerprint density at radius 2 is 1.78 bits per heavy atom. The maximum Gasteiger partial charge on any atom is 0.237 e. The topological polar surface area (TPSA) is 70.2 Å². The molecule has 5 nitrogen and oxygen atoms in total. The van der Waals surface area contributed by atoms with Crippen LogP contribution in [0.25, 0.3) is 0 Å². The minimum Gasteiger partial charge on any atom is -0.350 e. The van der Waals surface area contributed by atoms with Crippen molar-refractivity contribution in [1.29, 1.82) is 0 Å². The zero-order chi connectivity index (χ0) is 16.4. The van der Waals surface area contributed by atoms with E-state index in [0.29, 0.717) is 15.7 Å². The molecule has 1 saturated heterocycles. The Hall–Kier alpha value is -1.30. The lowest BCUT2D eigenvalue weighted by Crippen LogP contribution is -2.65. The first-order valence-corrected chi connectivity index (χ1v) is 8.59. The molecule has 3 N–H and O–H groups in total. The van der Waals surface area contributed by atoms with Crippen LogP contribution in [0.4, 0.5) is 5.69 Å². The molecule has 0 radical (unpaired) electrons. The Morgan fingerprint density at radius 3 is 2.48 bits per heavy atom. The summed E-state index contributed by atoms with van der Waals surface area (Å²) in [5, 5.41) is 9.99. The van der Waals surface area contributed by atoms with E-state index in [-0.39, 0.29) is 30.3 Å². The normalized spacial score (nSPS) is 27.0. The van der Waals surface area contributed by atoms with Crippen molar-refractivity contribution in [3.8, 4) is 0 Å². The Morgan fingerprint density at radius 1 is 1.13 bits per heavy atom. The largest absolute Gasteiger partial charge is 0.350 e.